The molecule has 1 amide bonds. The van der Waals surface area contributed by atoms with Crippen molar-refractivity contribution in [3.05, 3.63) is 72.9 Å². The normalized spacial score (nSPS) is 13.7. The van der Waals surface area contributed by atoms with E-state index in [0.29, 0.717) is 19.3 Å². The lowest BCUT2D eigenvalue weighted by atomic mass is 10.0. The lowest BCUT2D eigenvalue weighted by molar-refractivity contribution is -0.151. The number of hydrogen-bond donors (Lipinski definition) is 3. The van der Waals surface area contributed by atoms with E-state index in [2.05, 4.69) is 99.0 Å². The molecule has 0 aliphatic rings. The van der Waals surface area contributed by atoms with Crippen LogP contribution in [0.3, 0.4) is 0 Å². The third-order valence-corrected chi connectivity index (χ3v) is 12.4. The second-order valence-corrected chi connectivity index (χ2v) is 18.8. The summed E-state index contributed by atoms with van der Waals surface area (Å²) in [5.41, 5.74) is 0. The van der Waals surface area contributed by atoms with E-state index in [4.69, 9.17) is 4.74 Å². The van der Waals surface area contributed by atoms with Crippen LogP contribution in [0.5, 0.6) is 0 Å². The molecule has 0 bridgehead atoms. The van der Waals surface area contributed by atoms with Gasteiger partial charge in [0.15, 0.2) is 0 Å². The molecule has 6 nitrogen and oxygen atoms in total. The summed E-state index contributed by atoms with van der Waals surface area (Å²) < 4.78 is 5.93. The monoisotopic (exact) mass is 908 g/mol. The minimum atomic E-state index is -0.801. The number of unbranched alkanes of at least 4 members (excludes halogenated alkanes) is 29. The van der Waals surface area contributed by atoms with Gasteiger partial charge >= 0.3 is 5.97 Å². The van der Waals surface area contributed by atoms with Gasteiger partial charge in [0.1, 0.15) is 6.10 Å². The maximum atomic E-state index is 13.2. The largest absolute Gasteiger partial charge is 0.462 e. The molecule has 0 radical (unpaired) electrons. The van der Waals surface area contributed by atoms with Crippen LogP contribution in [0.4, 0.5) is 0 Å². The van der Waals surface area contributed by atoms with Crippen molar-refractivity contribution >= 4 is 11.9 Å². The van der Waals surface area contributed by atoms with Crippen LogP contribution in [0.2, 0.25) is 0 Å². The topological polar surface area (TPSA) is 95.9 Å². The highest BCUT2D eigenvalue weighted by Gasteiger charge is 2.24. The van der Waals surface area contributed by atoms with Crippen LogP contribution in [0.1, 0.15) is 265 Å². The van der Waals surface area contributed by atoms with Crippen molar-refractivity contribution in [2.24, 2.45) is 0 Å². The second kappa shape index (κ2) is 52.3. The van der Waals surface area contributed by atoms with Crippen LogP contribution in [-0.2, 0) is 14.3 Å². The molecule has 65 heavy (non-hydrogen) atoms. The Bertz CT molecular complexity index is 1200. The minimum Gasteiger partial charge on any atom is -0.462 e. The summed E-state index contributed by atoms with van der Waals surface area (Å²) in [6, 6.07) is -0.716. The Morgan fingerprint density at radius 2 is 0.785 bits per heavy atom. The predicted molar refractivity (Wildman–Crippen MR) is 282 cm³/mol. The maximum absolute atomic E-state index is 13.2. The Kier molecular flexibility index (Phi) is 50.1. The molecule has 0 saturated heterocycles. The number of rotatable bonds is 49. The average Bonchev–Trinajstić information content (AvgIpc) is 3.30. The lowest BCUT2D eigenvalue weighted by Gasteiger charge is -2.24. The number of hydrogen-bond acceptors (Lipinski definition) is 5. The smallest absolute Gasteiger partial charge is 0.306 e. The van der Waals surface area contributed by atoms with Crippen molar-refractivity contribution in [2.75, 3.05) is 6.61 Å². The van der Waals surface area contributed by atoms with Gasteiger partial charge in [0, 0.05) is 6.42 Å². The number of amides is 1. The first-order valence-corrected chi connectivity index (χ1v) is 27.7. The number of aliphatic hydroxyl groups is 2. The molecule has 0 rings (SSSR count). The molecule has 0 spiro atoms. The molecule has 3 N–H and O–H groups in total. The molecule has 0 heterocycles. The zero-order chi connectivity index (χ0) is 47.4. The zero-order valence-electron chi connectivity index (χ0n) is 42.9. The molecule has 0 fully saturated rings. The molecule has 0 aromatic heterocycles. The highest BCUT2D eigenvalue weighted by Crippen LogP contribution is 2.18. The molecular weight excluding hydrogens is 803 g/mol. The van der Waals surface area contributed by atoms with Crippen LogP contribution in [-0.4, -0.2) is 46.9 Å². The Balaban J connectivity index is 4.62. The Morgan fingerprint density at radius 3 is 1.23 bits per heavy atom. The first-order chi connectivity index (χ1) is 32.0. The van der Waals surface area contributed by atoms with Crippen molar-refractivity contribution in [3.8, 4) is 0 Å². The summed E-state index contributed by atoms with van der Waals surface area (Å²) in [4.78, 5) is 26.2. The number of nitrogens with one attached hydrogen (secondary N) is 1. The fourth-order valence-electron chi connectivity index (χ4n) is 8.14. The molecule has 0 aliphatic carbocycles. The minimum absolute atomic E-state index is 0.0520. The van der Waals surface area contributed by atoms with E-state index in [1.165, 1.54) is 116 Å². The third kappa shape index (κ3) is 47.6. The lowest BCUT2D eigenvalue weighted by Crippen LogP contribution is -2.46. The highest BCUT2D eigenvalue weighted by molar-refractivity contribution is 5.77. The van der Waals surface area contributed by atoms with Crippen LogP contribution in [0.25, 0.3) is 0 Å². The third-order valence-electron chi connectivity index (χ3n) is 12.4. The van der Waals surface area contributed by atoms with Crippen LogP contribution in [0.15, 0.2) is 72.9 Å². The van der Waals surface area contributed by atoms with Crippen LogP contribution in [0, 0.1) is 0 Å². The fourth-order valence-corrected chi connectivity index (χ4v) is 8.14. The molecule has 3 atom stereocenters. The summed E-state index contributed by atoms with van der Waals surface area (Å²) in [5, 5.41) is 23.8. The molecule has 0 aliphatic heterocycles. The van der Waals surface area contributed by atoms with Gasteiger partial charge in [-0.25, -0.2) is 0 Å². The van der Waals surface area contributed by atoms with Crippen LogP contribution < -0.4 is 5.32 Å². The van der Waals surface area contributed by atoms with Gasteiger partial charge < -0.3 is 20.3 Å². The quantitative estimate of drug-likeness (QED) is 0.0321. The highest BCUT2D eigenvalue weighted by atomic mass is 16.5. The SMILES string of the molecule is CCCCC/C=C/C=C/C=C/C=C/CCCCCCCC(=O)OC(CCCCCC/C=C/C=C/CCCCC)CC(=O)NC(CO)C(O)CCCCCCCCCCCCCCCCC. The molecular formula is C59H105NO5. The van der Waals surface area contributed by atoms with Gasteiger partial charge in [-0.2, -0.15) is 0 Å². The van der Waals surface area contributed by atoms with E-state index in [1.54, 1.807) is 0 Å². The van der Waals surface area contributed by atoms with Crippen molar-refractivity contribution < 1.29 is 24.5 Å². The number of allylic oxidation sites excluding steroid dienone is 12. The number of carbonyl (C=O) groups is 2. The van der Waals surface area contributed by atoms with Gasteiger partial charge in [0.05, 0.1) is 25.2 Å². The predicted octanol–water partition coefficient (Wildman–Crippen LogP) is 17.0. The maximum Gasteiger partial charge on any atom is 0.306 e. The number of carbonyl (C=O) groups excluding carboxylic acids is 2. The van der Waals surface area contributed by atoms with Crippen molar-refractivity contribution in [2.45, 2.75) is 283 Å². The standard InChI is InChI=1S/C59H105NO5/c1-4-7-10-13-16-19-22-25-27-28-29-31-34-37-40-43-46-49-52-59(64)65-55(50-47-44-41-38-35-32-24-21-18-15-12-9-6-3)53-58(63)60-56(54-61)57(62)51-48-45-42-39-36-33-30-26-23-20-17-14-11-8-5-2/h16,18-19,21-22,24-25,27-29,31-32,55-57,61-62H,4-15,17,20,23,26,30,33-54H2,1-3H3,(H,60,63)/b19-16+,21-18+,25-22+,28-27+,31-29+,32-24+. The fraction of sp³-hybridized carbons (Fsp3) is 0.763. The summed E-state index contributed by atoms with van der Waals surface area (Å²) in [7, 11) is 0. The van der Waals surface area contributed by atoms with Crippen molar-refractivity contribution in [1.29, 1.82) is 0 Å². The van der Waals surface area contributed by atoms with Gasteiger partial charge in [-0.1, -0.05) is 248 Å². The number of ether oxygens (including phenoxy) is 1. The molecule has 3 unspecified atom stereocenters. The summed E-state index contributed by atoms with van der Waals surface area (Å²) in [5.74, 6) is -0.519. The van der Waals surface area contributed by atoms with Gasteiger partial charge in [0.25, 0.3) is 0 Å². The molecule has 6 heteroatoms. The number of aliphatic hydroxyl groups excluding tert-OH is 2. The van der Waals surface area contributed by atoms with E-state index >= 15 is 0 Å². The van der Waals surface area contributed by atoms with Gasteiger partial charge in [0.2, 0.25) is 5.91 Å². The molecule has 0 saturated carbocycles. The summed E-state index contributed by atoms with van der Waals surface area (Å²) >= 11 is 0. The van der Waals surface area contributed by atoms with E-state index in [9.17, 15) is 19.8 Å². The summed E-state index contributed by atoms with van der Waals surface area (Å²) in [6.45, 7) is 6.42. The Hall–Kier alpha value is -2.70. The Morgan fingerprint density at radius 1 is 0.446 bits per heavy atom. The van der Waals surface area contributed by atoms with E-state index in [0.717, 1.165) is 103 Å². The molecule has 0 aromatic carbocycles. The molecule has 376 valence electrons. The second-order valence-electron chi connectivity index (χ2n) is 18.8. The number of esters is 1. The van der Waals surface area contributed by atoms with Gasteiger partial charge in [-0.3, -0.25) is 9.59 Å². The first kappa shape index (κ1) is 62.3. The average molecular weight is 908 g/mol. The van der Waals surface area contributed by atoms with Crippen LogP contribution >= 0.6 is 0 Å². The summed E-state index contributed by atoms with van der Waals surface area (Å²) in [6.07, 6.45) is 66.7. The van der Waals surface area contributed by atoms with E-state index in [-0.39, 0.29) is 24.9 Å². The van der Waals surface area contributed by atoms with E-state index < -0.39 is 18.2 Å². The van der Waals surface area contributed by atoms with Crippen molar-refractivity contribution in [1.82, 2.24) is 5.32 Å². The Labute approximate surface area is 402 Å². The van der Waals surface area contributed by atoms with Crippen molar-refractivity contribution in [3.63, 3.8) is 0 Å². The first-order valence-electron chi connectivity index (χ1n) is 27.7. The molecule has 0 aromatic rings. The zero-order valence-corrected chi connectivity index (χ0v) is 42.9. The van der Waals surface area contributed by atoms with Gasteiger partial charge in [-0.05, 0) is 77.0 Å². The van der Waals surface area contributed by atoms with E-state index in [1.807, 2.05) is 0 Å². The van der Waals surface area contributed by atoms with Gasteiger partial charge in [-0.15, -0.1) is 0 Å².